The molecule has 4 aromatic heterocycles. The normalized spacial score (nSPS) is 13.5. The van der Waals surface area contributed by atoms with Gasteiger partial charge in [0, 0.05) is 23.2 Å². The van der Waals surface area contributed by atoms with Crippen molar-refractivity contribution in [3.8, 4) is 11.5 Å². The number of thiophene rings is 1. The average Bonchev–Trinajstić information content (AvgIpc) is 3.32. The molecule has 0 radical (unpaired) electrons. The van der Waals surface area contributed by atoms with E-state index in [-0.39, 0.29) is 0 Å². The van der Waals surface area contributed by atoms with Crippen LogP contribution in [0, 0.1) is 6.92 Å². The van der Waals surface area contributed by atoms with Crippen molar-refractivity contribution in [2.45, 2.75) is 32.7 Å². The maximum atomic E-state index is 11.9. The van der Waals surface area contributed by atoms with E-state index in [1.165, 1.54) is 4.88 Å². The number of nitrogens with one attached hydrogen (secondary N) is 2. The summed E-state index contributed by atoms with van der Waals surface area (Å²) in [5.74, 6) is 1.75. The summed E-state index contributed by atoms with van der Waals surface area (Å²) in [4.78, 5) is 27.5. The average molecular weight is 434 g/mol. The van der Waals surface area contributed by atoms with Crippen molar-refractivity contribution in [1.29, 1.82) is 0 Å². The number of carbonyl (C=O) groups is 1. The summed E-state index contributed by atoms with van der Waals surface area (Å²) < 4.78 is 1.84. The van der Waals surface area contributed by atoms with Crippen LogP contribution in [0.4, 0.5) is 11.6 Å². The van der Waals surface area contributed by atoms with E-state index in [1.54, 1.807) is 23.5 Å². The third-order valence-corrected chi connectivity index (χ3v) is 6.34. The lowest BCUT2D eigenvalue weighted by molar-refractivity contribution is 0.100. The zero-order chi connectivity index (χ0) is 21.4. The monoisotopic (exact) mass is 433 g/mol. The fourth-order valence-electron chi connectivity index (χ4n) is 3.98. The number of nitrogens with two attached hydrogens (primary N) is 1. The molecule has 0 unspecified atom stereocenters. The number of nitrogens with zero attached hydrogens (tertiary/aromatic N) is 4. The summed E-state index contributed by atoms with van der Waals surface area (Å²) in [5, 5.41) is 9.06. The van der Waals surface area contributed by atoms with Crippen molar-refractivity contribution in [2.24, 2.45) is 5.73 Å². The summed E-state index contributed by atoms with van der Waals surface area (Å²) in [6, 6.07) is 7.63. The van der Waals surface area contributed by atoms with Gasteiger partial charge in [-0.1, -0.05) is 6.07 Å². The van der Waals surface area contributed by atoms with Gasteiger partial charge in [-0.3, -0.25) is 9.20 Å². The first-order chi connectivity index (χ1) is 15.1. The molecule has 1 aliphatic rings. The van der Waals surface area contributed by atoms with E-state index in [4.69, 9.17) is 15.7 Å². The van der Waals surface area contributed by atoms with Crippen LogP contribution < -0.4 is 16.4 Å². The standard InChI is InChI=1S/C22H23N7OS/c1-13-17(29-10-4-8-15(18(23)30)22(29)26-13)21-27-19-16(7-2-3-9-24-19)20(28-21)25-12-14-6-5-11-31-14/h4-6,8,10-11H,2-3,7,9,12H2,1H3,(H2,23,30)(H2,24,25,27,28). The van der Waals surface area contributed by atoms with Gasteiger partial charge in [0.15, 0.2) is 5.82 Å². The van der Waals surface area contributed by atoms with E-state index in [0.717, 1.165) is 54.4 Å². The minimum absolute atomic E-state index is 0.376. The Morgan fingerprint density at radius 1 is 1.26 bits per heavy atom. The van der Waals surface area contributed by atoms with E-state index in [2.05, 4.69) is 27.1 Å². The number of aromatic nitrogens is 4. The molecule has 4 aromatic rings. The molecule has 0 aliphatic carbocycles. The van der Waals surface area contributed by atoms with Crippen LogP contribution in [0.15, 0.2) is 35.8 Å². The number of imidazole rings is 1. The topological polar surface area (TPSA) is 110 Å². The Bertz CT molecular complexity index is 1260. The molecule has 0 bridgehead atoms. The predicted molar refractivity (Wildman–Crippen MR) is 123 cm³/mol. The molecular weight excluding hydrogens is 410 g/mol. The molecule has 1 aliphatic heterocycles. The SMILES string of the molecule is Cc1nc2c(C(N)=O)cccn2c1-c1nc2c(c(NCc3cccs3)n1)CCCCN2. The number of rotatable bonds is 5. The lowest BCUT2D eigenvalue weighted by Gasteiger charge is -2.15. The molecule has 4 N–H and O–H groups in total. The Morgan fingerprint density at radius 3 is 2.97 bits per heavy atom. The number of anilines is 2. The van der Waals surface area contributed by atoms with E-state index in [0.29, 0.717) is 23.6 Å². The molecule has 1 amide bonds. The maximum absolute atomic E-state index is 11.9. The number of amides is 1. The zero-order valence-corrected chi connectivity index (χ0v) is 18.0. The molecule has 9 heteroatoms. The Morgan fingerprint density at radius 2 is 2.16 bits per heavy atom. The van der Waals surface area contributed by atoms with Crippen molar-refractivity contribution < 1.29 is 4.79 Å². The first-order valence-corrected chi connectivity index (χ1v) is 11.2. The lowest BCUT2D eigenvalue weighted by Crippen LogP contribution is -2.13. The number of carbonyl (C=O) groups excluding carboxylic acids is 1. The van der Waals surface area contributed by atoms with Crippen molar-refractivity contribution >= 4 is 34.5 Å². The molecule has 8 nitrogen and oxygen atoms in total. The third kappa shape index (κ3) is 3.61. The molecule has 0 saturated heterocycles. The van der Waals surface area contributed by atoms with Crippen LogP contribution in [0.2, 0.25) is 0 Å². The van der Waals surface area contributed by atoms with E-state index in [9.17, 15) is 4.79 Å². The van der Waals surface area contributed by atoms with Crippen LogP contribution in [0.25, 0.3) is 17.2 Å². The Balaban J connectivity index is 1.65. The fraction of sp³-hybridized carbons (Fsp3) is 0.273. The van der Waals surface area contributed by atoms with Crippen LogP contribution in [0.1, 0.15) is 39.3 Å². The number of hydrogen-bond donors (Lipinski definition) is 3. The highest BCUT2D eigenvalue weighted by atomic mass is 32.1. The quantitative estimate of drug-likeness (QED) is 0.443. The van der Waals surface area contributed by atoms with Gasteiger partial charge in [0.05, 0.1) is 17.8 Å². The van der Waals surface area contributed by atoms with Gasteiger partial charge in [0.1, 0.15) is 23.0 Å². The van der Waals surface area contributed by atoms with Crippen molar-refractivity contribution in [3.63, 3.8) is 0 Å². The van der Waals surface area contributed by atoms with Gasteiger partial charge in [-0.2, -0.15) is 0 Å². The molecule has 0 fully saturated rings. The summed E-state index contributed by atoms with van der Waals surface area (Å²) in [5.41, 5.74) is 9.06. The third-order valence-electron chi connectivity index (χ3n) is 5.46. The van der Waals surface area contributed by atoms with Crippen molar-refractivity contribution in [1.82, 2.24) is 19.4 Å². The largest absolute Gasteiger partial charge is 0.370 e. The molecule has 5 rings (SSSR count). The summed E-state index contributed by atoms with van der Waals surface area (Å²) in [7, 11) is 0. The highest BCUT2D eigenvalue weighted by Gasteiger charge is 2.22. The van der Waals surface area contributed by atoms with Crippen LogP contribution in [0.3, 0.4) is 0 Å². The van der Waals surface area contributed by atoms with E-state index >= 15 is 0 Å². The Kier molecular flexibility index (Phi) is 5.03. The van der Waals surface area contributed by atoms with Gasteiger partial charge < -0.3 is 16.4 Å². The number of hydrogen-bond acceptors (Lipinski definition) is 7. The maximum Gasteiger partial charge on any atom is 0.252 e. The summed E-state index contributed by atoms with van der Waals surface area (Å²) >= 11 is 1.71. The second-order valence-corrected chi connectivity index (χ2v) is 8.60. The molecular formula is C22H23N7OS. The minimum atomic E-state index is -0.509. The number of fused-ring (bicyclic) bond motifs is 2. The zero-order valence-electron chi connectivity index (χ0n) is 17.2. The number of pyridine rings is 1. The van der Waals surface area contributed by atoms with Gasteiger partial charge in [-0.25, -0.2) is 15.0 Å². The van der Waals surface area contributed by atoms with Crippen LogP contribution >= 0.6 is 11.3 Å². The molecule has 0 spiro atoms. The lowest BCUT2D eigenvalue weighted by atomic mass is 10.1. The van der Waals surface area contributed by atoms with Gasteiger partial charge in [-0.15, -0.1) is 11.3 Å². The Hall–Kier alpha value is -3.46. The van der Waals surface area contributed by atoms with Crippen molar-refractivity contribution in [2.75, 3.05) is 17.2 Å². The number of primary amides is 1. The molecule has 0 atom stereocenters. The van der Waals surface area contributed by atoms with Gasteiger partial charge in [-0.05, 0) is 49.8 Å². The predicted octanol–water partition coefficient (Wildman–Crippen LogP) is 3.62. The summed E-state index contributed by atoms with van der Waals surface area (Å²) in [6.07, 6.45) is 4.96. The Labute approximate surface area is 183 Å². The number of aryl methyl sites for hydroxylation is 1. The second kappa shape index (κ2) is 7.99. The van der Waals surface area contributed by atoms with Crippen LogP contribution in [-0.4, -0.2) is 31.8 Å². The molecule has 0 saturated carbocycles. The minimum Gasteiger partial charge on any atom is -0.370 e. The second-order valence-electron chi connectivity index (χ2n) is 7.57. The van der Waals surface area contributed by atoms with Gasteiger partial charge >= 0.3 is 0 Å². The van der Waals surface area contributed by atoms with Gasteiger partial charge in [0.25, 0.3) is 5.91 Å². The molecule has 5 heterocycles. The molecule has 31 heavy (non-hydrogen) atoms. The van der Waals surface area contributed by atoms with E-state index < -0.39 is 5.91 Å². The molecule has 0 aromatic carbocycles. The molecule has 158 valence electrons. The van der Waals surface area contributed by atoms with Crippen LogP contribution in [-0.2, 0) is 13.0 Å². The van der Waals surface area contributed by atoms with Gasteiger partial charge in [0.2, 0.25) is 0 Å². The first kappa shape index (κ1) is 19.5. The first-order valence-electron chi connectivity index (χ1n) is 10.3. The van der Waals surface area contributed by atoms with Crippen molar-refractivity contribution in [3.05, 3.63) is 57.5 Å². The highest BCUT2D eigenvalue weighted by molar-refractivity contribution is 7.09. The fourth-order valence-corrected chi connectivity index (χ4v) is 4.62. The smallest absolute Gasteiger partial charge is 0.252 e. The summed E-state index contributed by atoms with van der Waals surface area (Å²) in [6.45, 7) is 3.48. The van der Waals surface area contributed by atoms with Crippen LogP contribution in [0.5, 0.6) is 0 Å². The van der Waals surface area contributed by atoms with E-state index in [1.807, 2.05) is 23.6 Å². The highest BCUT2D eigenvalue weighted by Crippen LogP contribution is 2.31.